The summed E-state index contributed by atoms with van der Waals surface area (Å²) in [5.41, 5.74) is 1.47. The molecule has 1 aliphatic rings. The summed E-state index contributed by atoms with van der Waals surface area (Å²) in [6.45, 7) is -0.0688. The van der Waals surface area contributed by atoms with Gasteiger partial charge in [0.1, 0.15) is 11.5 Å². The largest absolute Gasteiger partial charge is 0.370 e. The Labute approximate surface area is 241 Å². The van der Waals surface area contributed by atoms with Crippen molar-refractivity contribution in [3.63, 3.8) is 0 Å². The van der Waals surface area contributed by atoms with Gasteiger partial charge in [-0.25, -0.2) is 8.42 Å². The SMILES string of the molecule is CN(C)C1(CCc2ccccc2)CCC(NC(=O)COCCN(C)S(=O)(=O)c2c(Cl)cc(Cl)cc2Cl)CC1. The topological polar surface area (TPSA) is 79.0 Å². The van der Waals surface area contributed by atoms with E-state index in [1.807, 2.05) is 6.07 Å². The maximum atomic E-state index is 12.9. The molecule has 2 aromatic rings. The lowest BCUT2D eigenvalue weighted by Gasteiger charge is -2.45. The Bertz CT molecular complexity index is 1160. The average Bonchev–Trinajstić information content (AvgIpc) is 2.86. The smallest absolute Gasteiger partial charge is 0.246 e. The zero-order valence-electron chi connectivity index (χ0n) is 22.1. The fourth-order valence-electron chi connectivity index (χ4n) is 4.92. The van der Waals surface area contributed by atoms with Crippen molar-refractivity contribution in [1.82, 2.24) is 14.5 Å². The molecule has 0 spiro atoms. The molecule has 7 nitrogen and oxygen atoms in total. The van der Waals surface area contributed by atoms with Crippen LogP contribution in [0.5, 0.6) is 0 Å². The molecule has 0 heterocycles. The van der Waals surface area contributed by atoms with E-state index < -0.39 is 10.0 Å². The number of halogens is 3. The highest BCUT2D eigenvalue weighted by Gasteiger charge is 2.37. The van der Waals surface area contributed by atoms with Crippen LogP contribution >= 0.6 is 34.8 Å². The van der Waals surface area contributed by atoms with Gasteiger partial charge in [-0.3, -0.25) is 4.79 Å². The van der Waals surface area contributed by atoms with Crippen LogP contribution < -0.4 is 5.32 Å². The van der Waals surface area contributed by atoms with Gasteiger partial charge in [0.25, 0.3) is 0 Å². The minimum absolute atomic E-state index is 0.0289. The molecule has 1 N–H and O–H groups in total. The highest BCUT2D eigenvalue weighted by atomic mass is 35.5. The van der Waals surface area contributed by atoms with E-state index in [0.717, 1.165) is 42.8 Å². The van der Waals surface area contributed by atoms with Gasteiger partial charge in [0.05, 0.1) is 16.7 Å². The molecule has 2 aromatic carbocycles. The number of hydrogen-bond donors (Lipinski definition) is 1. The van der Waals surface area contributed by atoms with Gasteiger partial charge >= 0.3 is 0 Å². The first-order valence-electron chi connectivity index (χ1n) is 12.6. The van der Waals surface area contributed by atoms with Gasteiger partial charge in [-0.15, -0.1) is 0 Å². The molecule has 210 valence electrons. The molecule has 0 atom stereocenters. The molecule has 1 amide bonds. The Morgan fingerprint density at radius 1 is 1.05 bits per heavy atom. The lowest BCUT2D eigenvalue weighted by Crippen LogP contribution is -2.51. The number of benzene rings is 2. The Balaban J connectivity index is 1.42. The van der Waals surface area contributed by atoms with Crippen LogP contribution in [0.1, 0.15) is 37.7 Å². The molecule has 0 aromatic heterocycles. The number of carbonyl (C=O) groups excluding carboxylic acids is 1. The van der Waals surface area contributed by atoms with Gasteiger partial charge in [0.2, 0.25) is 15.9 Å². The quantitative estimate of drug-likeness (QED) is 0.334. The van der Waals surface area contributed by atoms with Crippen LogP contribution in [0.3, 0.4) is 0 Å². The van der Waals surface area contributed by atoms with Crippen LogP contribution in [0.25, 0.3) is 0 Å². The number of ether oxygens (including phenoxy) is 1. The summed E-state index contributed by atoms with van der Waals surface area (Å²) in [7, 11) is 1.73. The molecule has 1 aliphatic carbocycles. The summed E-state index contributed by atoms with van der Waals surface area (Å²) < 4.78 is 32.3. The van der Waals surface area contributed by atoms with Gasteiger partial charge in [0, 0.05) is 30.2 Å². The van der Waals surface area contributed by atoms with Gasteiger partial charge in [-0.05, 0) is 70.3 Å². The Hall–Kier alpha value is -1.39. The summed E-state index contributed by atoms with van der Waals surface area (Å²) in [5.74, 6) is -0.203. The predicted molar refractivity (Wildman–Crippen MR) is 154 cm³/mol. The monoisotopic (exact) mass is 603 g/mol. The van der Waals surface area contributed by atoms with E-state index in [-0.39, 0.29) is 57.2 Å². The molecule has 3 rings (SSSR count). The molecule has 11 heteroatoms. The number of nitrogens with zero attached hydrogens (tertiary/aromatic N) is 2. The summed E-state index contributed by atoms with van der Waals surface area (Å²) in [4.78, 5) is 14.6. The fourth-order valence-corrected chi connectivity index (χ4v) is 7.56. The van der Waals surface area contributed by atoms with Crippen LogP contribution in [-0.4, -0.2) is 76.0 Å². The summed E-state index contributed by atoms with van der Waals surface area (Å²) in [5, 5.41) is 3.21. The summed E-state index contributed by atoms with van der Waals surface area (Å²) in [6.07, 6.45) is 5.94. The van der Waals surface area contributed by atoms with Crippen molar-refractivity contribution in [3.8, 4) is 0 Å². The average molecular weight is 605 g/mol. The van der Waals surface area contributed by atoms with E-state index in [4.69, 9.17) is 39.5 Å². The molecule has 0 aliphatic heterocycles. The zero-order chi connectivity index (χ0) is 27.9. The van der Waals surface area contributed by atoms with Crippen molar-refractivity contribution < 1.29 is 17.9 Å². The maximum absolute atomic E-state index is 12.9. The van der Waals surface area contributed by atoms with Crippen LogP contribution in [-0.2, 0) is 26.0 Å². The van der Waals surface area contributed by atoms with Crippen LogP contribution in [0, 0.1) is 0 Å². The number of sulfonamides is 1. The van der Waals surface area contributed by atoms with Crippen molar-refractivity contribution in [2.75, 3.05) is 40.9 Å². The summed E-state index contributed by atoms with van der Waals surface area (Å²) in [6, 6.07) is 13.3. The first-order chi connectivity index (χ1) is 17.9. The molecular formula is C27H36Cl3N3O4S. The minimum atomic E-state index is -3.96. The van der Waals surface area contributed by atoms with Gasteiger partial charge < -0.3 is 15.0 Å². The normalized spacial score (nSPS) is 20.2. The summed E-state index contributed by atoms with van der Waals surface area (Å²) >= 11 is 18.0. The number of nitrogens with one attached hydrogen (secondary N) is 1. The van der Waals surface area contributed by atoms with Gasteiger partial charge in [0.15, 0.2) is 0 Å². The fraction of sp³-hybridized carbons (Fsp3) is 0.519. The van der Waals surface area contributed by atoms with Gasteiger partial charge in [-0.2, -0.15) is 4.31 Å². The lowest BCUT2D eigenvalue weighted by molar-refractivity contribution is -0.126. The number of aryl methyl sites for hydroxylation is 1. The van der Waals surface area contributed by atoms with E-state index in [1.165, 1.54) is 24.7 Å². The minimum Gasteiger partial charge on any atom is -0.370 e. The lowest BCUT2D eigenvalue weighted by atomic mass is 9.75. The van der Waals surface area contributed by atoms with Crippen LogP contribution in [0.2, 0.25) is 15.1 Å². The molecule has 1 saturated carbocycles. The second-order valence-corrected chi connectivity index (χ2v) is 13.3. The first-order valence-corrected chi connectivity index (χ1v) is 15.2. The standard InChI is InChI=1S/C27H36Cl3N3O4S/c1-32(2)27(12-9-20-7-5-4-6-8-20)13-10-22(11-14-27)31-25(34)19-37-16-15-33(3)38(35,36)26-23(29)17-21(28)18-24(26)30/h4-8,17-18,22H,9-16,19H2,1-3H3,(H,31,34). The van der Waals surface area contributed by atoms with Crippen LogP contribution in [0.4, 0.5) is 0 Å². The molecular weight excluding hydrogens is 569 g/mol. The van der Waals surface area contributed by atoms with E-state index in [2.05, 4.69) is 48.6 Å². The van der Waals surface area contributed by atoms with Gasteiger partial charge in [-0.1, -0.05) is 65.1 Å². The predicted octanol–water partition coefficient (Wildman–Crippen LogP) is 5.28. The molecule has 1 fully saturated rings. The molecule has 0 saturated heterocycles. The number of likely N-dealkylation sites (N-methyl/N-ethyl adjacent to an activating group) is 1. The van der Waals surface area contributed by atoms with E-state index in [1.54, 1.807) is 0 Å². The Kier molecular flexibility index (Phi) is 11.3. The molecule has 0 radical (unpaired) electrons. The van der Waals surface area contributed by atoms with Crippen molar-refractivity contribution >= 4 is 50.7 Å². The van der Waals surface area contributed by atoms with E-state index in [0.29, 0.717) is 0 Å². The maximum Gasteiger partial charge on any atom is 0.246 e. The molecule has 38 heavy (non-hydrogen) atoms. The van der Waals surface area contributed by atoms with Crippen molar-refractivity contribution in [3.05, 3.63) is 63.1 Å². The van der Waals surface area contributed by atoms with Crippen molar-refractivity contribution in [2.45, 2.75) is 55.0 Å². The first kappa shape index (κ1) is 31.1. The number of hydrogen-bond acceptors (Lipinski definition) is 5. The number of carbonyl (C=O) groups is 1. The third-order valence-corrected chi connectivity index (χ3v) is 10.4. The molecule has 0 unspecified atom stereocenters. The Morgan fingerprint density at radius 3 is 2.24 bits per heavy atom. The second-order valence-electron chi connectivity index (χ2n) is 10.0. The van der Waals surface area contributed by atoms with Crippen LogP contribution in [0.15, 0.2) is 47.4 Å². The highest BCUT2D eigenvalue weighted by molar-refractivity contribution is 7.89. The molecule has 0 bridgehead atoms. The van der Waals surface area contributed by atoms with Crippen molar-refractivity contribution in [2.24, 2.45) is 0 Å². The number of rotatable bonds is 12. The van der Waals surface area contributed by atoms with E-state index >= 15 is 0 Å². The number of amides is 1. The second kappa shape index (κ2) is 13.8. The third-order valence-electron chi connectivity index (χ3n) is 7.37. The van der Waals surface area contributed by atoms with Crippen molar-refractivity contribution in [1.29, 1.82) is 0 Å². The third kappa shape index (κ3) is 8.07. The highest BCUT2D eigenvalue weighted by Crippen LogP contribution is 2.36. The zero-order valence-corrected chi connectivity index (χ0v) is 25.1. The van der Waals surface area contributed by atoms with E-state index in [9.17, 15) is 13.2 Å². The Morgan fingerprint density at radius 2 is 1.66 bits per heavy atom.